The van der Waals surface area contributed by atoms with Crippen molar-refractivity contribution in [3.05, 3.63) is 35.9 Å². The highest BCUT2D eigenvalue weighted by molar-refractivity contribution is 9.10. The lowest BCUT2D eigenvalue weighted by Gasteiger charge is -2.23. The molecular weight excluding hydrogens is 266 g/mol. The van der Waals surface area contributed by atoms with Gasteiger partial charge in [-0.1, -0.05) is 46.3 Å². The summed E-state index contributed by atoms with van der Waals surface area (Å²) < 4.78 is 0. The largest absolute Gasteiger partial charge is 0.334 e. The van der Waals surface area contributed by atoms with Crippen LogP contribution in [-0.2, 0) is 11.3 Å². The molecular formula is C13H16BrNO. The number of benzene rings is 1. The van der Waals surface area contributed by atoms with E-state index >= 15 is 0 Å². The fraction of sp³-hybridized carbons (Fsp3) is 0.462. The molecule has 1 atom stereocenters. The maximum absolute atomic E-state index is 12.0. The fourth-order valence-electron chi connectivity index (χ4n) is 1.78. The number of carbonyl (C=O) groups is 1. The van der Waals surface area contributed by atoms with Gasteiger partial charge in [-0.25, -0.2) is 0 Å². The van der Waals surface area contributed by atoms with E-state index in [1.807, 2.05) is 30.0 Å². The zero-order valence-corrected chi connectivity index (χ0v) is 11.0. The molecule has 0 aliphatic heterocycles. The molecule has 0 bridgehead atoms. The predicted molar refractivity (Wildman–Crippen MR) is 68.4 cm³/mol. The van der Waals surface area contributed by atoms with Crippen molar-refractivity contribution in [2.24, 2.45) is 0 Å². The first-order valence-corrected chi connectivity index (χ1v) is 6.58. The number of rotatable bonds is 4. The second kappa shape index (κ2) is 5.00. The molecule has 0 radical (unpaired) electrons. The van der Waals surface area contributed by atoms with Gasteiger partial charge in [0.05, 0.1) is 4.83 Å². The lowest BCUT2D eigenvalue weighted by atomic mass is 10.2. The quantitative estimate of drug-likeness (QED) is 0.777. The molecule has 1 aromatic carbocycles. The average molecular weight is 282 g/mol. The van der Waals surface area contributed by atoms with E-state index in [9.17, 15) is 4.79 Å². The summed E-state index contributed by atoms with van der Waals surface area (Å²) in [6.45, 7) is 2.63. The summed E-state index contributed by atoms with van der Waals surface area (Å²) in [6, 6.07) is 10.6. The van der Waals surface area contributed by atoms with Crippen LogP contribution < -0.4 is 0 Å². The highest BCUT2D eigenvalue weighted by Crippen LogP contribution is 2.29. The van der Waals surface area contributed by atoms with Gasteiger partial charge in [-0.3, -0.25) is 4.79 Å². The van der Waals surface area contributed by atoms with Gasteiger partial charge in [-0.05, 0) is 25.3 Å². The number of carbonyl (C=O) groups excluding carboxylic acids is 1. The van der Waals surface area contributed by atoms with Crippen LogP contribution in [-0.4, -0.2) is 21.7 Å². The van der Waals surface area contributed by atoms with E-state index in [1.165, 1.54) is 5.56 Å². The third-order valence-electron chi connectivity index (χ3n) is 2.81. The van der Waals surface area contributed by atoms with Crippen LogP contribution in [0.4, 0.5) is 0 Å². The topological polar surface area (TPSA) is 20.3 Å². The van der Waals surface area contributed by atoms with Gasteiger partial charge in [0.2, 0.25) is 5.91 Å². The first-order chi connectivity index (χ1) is 7.68. The minimum absolute atomic E-state index is 0.0863. The highest BCUT2D eigenvalue weighted by Gasteiger charge is 2.33. The van der Waals surface area contributed by atoms with Crippen LogP contribution in [0.25, 0.3) is 0 Å². The van der Waals surface area contributed by atoms with E-state index in [1.54, 1.807) is 0 Å². The Morgan fingerprint density at radius 2 is 2.06 bits per heavy atom. The van der Waals surface area contributed by atoms with Crippen molar-refractivity contribution in [3.63, 3.8) is 0 Å². The molecule has 0 spiro atoms. The van der Waals surface area contributed by atoms with Crippen LogP contribution in [0.5, 0.6) is 0 Å². The molecule has 1 aliphatic rings. The van der Waals surface area contributed by atoms with Gasteiger partial charge in [0.1, 0.15) is 0 Å². The van der Waals surface area contributed by atoms with E-state index in [4.69, 9.17) is 0 Å². The number of amides is 1. The molecule has 86 valence electrons. The predicted octanol–water partition coefficient (Wildman–Crippen LogP) is 2.96. The standard InChI is InChI=1S/C13H16BrNO/c1-10(14)13(16)15(12-7-8-12)9-11-5-3-2-4-6-11/h2-6,10,12H,7-9H2,1H3. The molecule has 1 aromatic rings. The molecule has 0 saturated heterocycles. The van der Waals surface area contributed by atoms with Gasteiger partial charge in [-0.15, -0.1) is 0 Å². The zero-order valence-electron chi connectivity index (χ0n) is 9.40. The van der Waals surface area contributed by atoms with E-state index < -0.39 is 0 Å². The van der Waals surface area contributed by atoms with Gasteiger partial charge in [-0.2, -0.15) is 0 Å². The Labute approximate surface area is 105 Å². The van der Waals surface area contributed by atoms with Crippen molar-refractivity contribution in [2.75, 3.05) is 0 Å². The van der Waals surface area contributed by atoms with E-state index in [0.717, 1.165) is 19.4 Å². The summed E-state index contributed by atoms with van der Waals surface area (Å²) in [5.41, 5.74) is 1.20. The molecule has 0 aromatic heterocycles. The average Bonchev–Trinajstić information content (AvgIpc) is 3.10. The van der Waals surface area contributed by atoms with Crippen LogP contribution in [0, 0.1) is 0 Å². The first-order valence-electron chi connectivity index (χ1n) is 5.67. The molecule has 0 heterocycles. The summed E-state index contributed by atoms with van der Waals surface area (Å²) >= 11 is 3.36. The third-order valence-corrected chi connectivity index (χ3v) is 3.20. The molecule has 16 heavy (non-hydrogen) atoms. The lowest BCUT2D eigenvalue weighted by Crippen LogP contribution is -2.36. The first kappa shape index (κ1) is 11.6. The van der Waals surface area contributed by atoms with Gasteiger partial charge in [0.25, 0.3) is 0 Å². The smallest absolute Gasteiger partial charge is 0.236 e. The van der Waals surface area contributed by atoms with Crippen molar-refractivity contribution in [1.29, 1.82) is 0 Å². The van der Waals surface area contributed by atoms with Crippen LogP contribution in [0.15, 0.2) is 30.3 Å². The number of hydrogen-bond donors (Lipinski definition) is 0. The summed E-state index contributed by atoms with van der Waals surface area (Å²) in [4.78, 5) is 13.9. The lowest BCUT2D eigenvalue weighted by molar-refractivity contribution is -0.131. The van der Waals surface area contributed by atoms with E-state index in [0.29, 0.717) is 6.04 Å². The summed E-state index contributed by atoms with van der Waals surface area (Å²) in [6.07, 6.45) is 2.30. The van der Waals surface area contributed by atoms with Gasteiger partial charge < -0.3 is 4.90 Å². The molecule has 0 N–H and O–H groups in total. The highest BCUT2D eigenvalue weighted by atomic mass is 79.9. The minimum atomic E-state index is -0.0863. The van der Waals surface area contributed by atoms with Crippen molar-refractivity contribution in [2.45, 2.75) is 37.2 Å². The summed E-state index contributed by atoms with van der Waals surface area (Å²) in [7, 11) is 0. The van der Waals surface area contributed by atoms with Crippen LogP contribution in [0.3, 0.4) is 0 Å². The van der Waals surface area contributed by atoms with E-state index in [-0.39, 0.29) is 10.7 Å². The number of nitrogens with zero attached hydrogens (tertiary/aromatic N) is 1. The van der Waals surface area contributed by atoms with Gasteiger partial charge in [0, 0.05) is 12.6 Å². The monoisotopic (exact) mass is 281 g/mol. The molecule has 1 saturated carbocycles. The minimum Gasteiger partial charge on any atom is -0.334 e. The molecule has 1 aliphatic carbocycles. The normalized spacial score (nSPS) is 16.9. The van der Waals surface area contributed by atoms with Gasteiger partial charge >= 0.3 is 0 Å². The molecule has 3 heteroatoms. The molecule has 2 nitrogen and oxygen atoms in total. The van der Waals surface area contributed by atoms with Crippen LogP contribution in [0.1, 0.15) is 25.3 Å². The molecule has 1 unspecified atom stereocenters. The van der Waals surface area contributed by atoms with Gasteiger partial charge in [0.15, 0.2) is 0 Å². The Morgan fingerprint density at radius 3 is 2.56 bits per heavy atom. The van der Waals surface area contributed by atoms with Crippen molar-refractivity contribution in [3.8, 4) is 0 Å². The molecule has 1 fully saturated rings. The Kier molecular flexibility index (Phi) is 3.64. The Hall–Kier alpha value is -0.830. The maximum Gasteiger partial charge on any atom is 0.236 e. The second-order valence-corrected chi connectivity index (χ2v) is 5.67. The Morgan fingerprint density at radius 1 is 1.44 bits per heavy atom. The number of hydrogen-bond acceptors (Lipinski definition) is 1. The van der Waals surface area contributed by atoms with Crippen LogP contribution in [0.2, 0.25) is 0 Å². The van der Waals surface area contributed by atoms with Crippen molar-refractivity contribution >= 4 is 21.8 Å². The maximum atomic E-state index is 12.0. The van der Waals surface area contributed by atoms with E-state index in [2.05, 4.69) is 28.1 Å². The fourth-order valence-corrected chi connectivity index (χ4v) is 2.04. The van der Waals surface area contributed by atoms with Crippen molar-refractivity contribution < 1.29 is 4.79 Å². The summed E-state index contributed by atoms with van der Waals surface area (Å²) in [5, 5.41) is 0. The SMILES string of the molecule is CC(Br)C(=O)N(Cc1ccccc1)C1CC1. The molecule has 1 amide bonds. The second-order valence-electron chi connectivity index (χ2n) is 4.30. The summed E-state index contributed by atoms with van der Waals surface area (Å²) in [5.74, 6) is 0.200. The number of alkyl halides is 1. The van der Waals surface area contributed by atoms with Crippen LogP contribution >= 0.6 is 15.9 Å². The Balaban J connectivity index is 2.06. The van der Waals surface area contributed by atoms with Crippen molar-refractivity contribution in [1.82, 2.24) is 4.90 Å². The zero-order chi connectivity index (χ0) is 11.5. The molecule has 2 rings (SSSR count). The number of halogens is 1. The Bertz CT molecular complexity index is 359. The third kappa shape index (κ3) is 2.85.